The van der Waals surface area contributed by atoms with Crippen molar-refractivity contribution in [3.8, 4) is 0 Å². The maximum atomic E-state index is 11.9. The minimum Gasteiger partial charge on any atom is -0.337 e. The third kappa shape index (κ3) is 6.39. The zero-order chi connectivity index (χ0) is 16.5. The zero-order valence-corrected chi connectivity index (χ0v) is 13.3. The number of para-hydroxylation sites is 1. The van der Waals surface area contributed by atoms with Crippen molar-refractivity contribution in [3.05, 3.63) is 66.2 Å². The number of sulfonamides is 1. The molecular formula is C16H19N3O3S. The standard InChI is InChI=1S/C16H19N3O3S/c20-16(18-13-14-7-3-1-4-8-14)17-11-12-23(21,22)19-15-9-5-2-6-10-15/h1-10,19H,11-13H2,(H2,17,18,20). The van der Waals surface area contributed by atoms with Crippen molar-refractivity contribution < 1.29 is 13.2 Å². The first-order chi connectivity index (χ1) is 11.1. The number of amides is 2. The van der Waals surface area contributed by atoms with Gasteiger partial charge in [-0.25, -0.2) is 13.2 Å². The summed E-state index contributed by atoms with van der Waals surface area (Å²) < 4.78 is 26.2. The van der Waals surface area contributed by atoms with Crippen molar-refractivity contribution in [2.24, 2.45) is 0 Å². The lowest BCUT2D eigenvalue weighted by Crippen LogP contribution is -2.38. The predicted octanol–water partition coefficient (Wildman–Crippen LogP) is 1.93. The number of carbonyl (C=O) groups is 1. The number of carbonyl (C=O) groups excluding carboxylic acids is 1. The molecule has 0 atom stereocenters. The second kappa shape index (κ2) is 8.19. The number of urea groups is 1. The Morgan fingerprint density at radius 2 is 1.48 bits per heavy atom. The van der Waals surface area contributed by atoms with E-state index in [-0.39, 0.29) is 12.3 Å². The molecule has 0 spiro atoms. The number of anilines is 1. The normalized spacial score (nSPS) is 10.8. The molecule has 0 unspecified atom stereocenters. The highest BCUT2D eigenvalue weighted by Crippen LogP contribution is 2.07. The van der Waals surface area contributed by atoms with Crippen LogP contribution in [0.1, 0.15) is 5.56 Å². The van der Waals surface area contributed by atoms with Crippen LogP contribution in [-0.2, 0) is 16.6 Å². The molecule has 0 bridgehead atoms. The molecule has 0 saturated carbocycles. The molecule has 2 amide bonds. The zero-order valence-electron chi connectivity index (χ0n) is 12.5. The van der Waals surface area contributed by atoms with E-state index in [1.54, 1.807) is 30.3 Å². The van der Waals surface area contributed by atoms with Crippen molar-refractivity contribution >= 4 is 21.7 Å². The molecule has 0 aliphatic heterocycles. The van der Waals surface area contributed by atoms with E-state index in [1.807, 2.05) is 30.3 Å². The molecular weight excluding hydrogens is 314 g/mol. The van der Waals surface area contributed by atoms with Crippen molar-refractivity contribution in [2.45, 2.75) is 6.54 Å². The fourth-order valence-electron chi connectivity index (χ4n) is 1.88. The van der Waals surface area contributed by atoms with Crippen LogP contribution in [-0.4, -0.2) is 26.7 Å². The summed E-state index contributed by atoms with van der Waals surface area (Å²) in [6, 6.07) is 17.7. The van der Waals surface area contributed by atoms with Gasteiger partial charge in [0.2, 0.25) is 10.0 Å². The van der Waals surface area contributed by atoms with Gasteiger partial charge in [-0.05, 0) is 17.7 Å². The lowest BCUT2D eigenvalue weighted by molar-refractivity contribution is 0.241. The van der Waals surface area contributed by atoms with Crippen LogP contribution in [0.3, 0.4) is 0 Å². The first-order valence-electron chi connectivity index (χ1n) is 7.16. The highest BCUT2D eigenvalue weighted by Gasteiger charge is 2.10. The van der Waals surface area contributed by atoms with Crippen LogP contribution in [0.15, 0.2) is 60.7 Å². The summed E-state index contributed by atoms with van der Waals surface area (Å²) >= 11 is 0. The van der Waals surface area contributed by atoms with Crippen molar-refractivity contribution in [2.75, 3.05) is 17.0 Å². The Kier molecular flexibility index (Phi) is 5.99. The van der Waals surface area contributed by atoms with Gasteiger partial charge in [0, 0.05) is 18.8 Å². The van der Waals surface area contributed by atoms with Crippen molar-refractivity contribution in [3.63, 3.8) is 0 Å². The Morgan fingerprint density at radius 1 is 0.870 bits per heavy atom. The summed E-state index contributed by atoms with van der Waals surface area (Å²) in [6.45, 7) is 0.421. The molecule has 0 fully saturated rings. The van der Waals surface area contributed by atoms with Gasteiger partial charge in [0.05, 0.1) is 5.75 Å². The molecule has 2 rings (SSSR count). The third-order valence-corrected chi connectivity index (χ3v) is 4.29. The highest BCUT2D eigenvalue weighted by molar-refractivity contribution is 7.92. The molecule has 0 radical (unpaired) electrons. The first-order valence-corrected chi connectivity index (χ1v) is 8.81. The van der Waals surface area contributed by atoms with Gasteiger partial charge in [0.25, 0.3) is 0 Å². The van der Waals surface area contributed by atoms with Crippen LogP contribution in [0.4, 0.5) is 10.5 Å². The smallest absolute Gasteiger partial charge is 0.315 e. The van der Waals surface area contributed by atoms with Gasteiger partial charge < -0.3 is 10.6 Å². The van der Waals surface area contributed by atoms with Crippen LogP contribution in [0.2, 0.25) is 0 Å². The largest absolute Gasteiger partial charge is 0.337 e. The summed E-state index contributed by atoms with van der Waals surface area (Å²) in [7, 11) is -3.49. The third-order valence-electron chi connectivity index (χ3n) is 3.00. The van der Waals surface area contributed by atoms with E-state index in [0.29, 0.717) is 12.2 Å². The number of rotatable bonds is 7. The lowest BCUT2D eigenvalue weighted by atomic mass is 10.2. The second-order valence-electron chi connectivity index (χ2n) is 4.88. The molecule has 0 aromatic heterocycles. The maximum absolute atomic E-state index is 11.9. The van der Waals surface area contributed by atoms with E-state index in [4.69, 9.17) is 0 Å². The molecule has 3 N–H and O–H groups in total. The van der Waals surface area contributed by atoms with Gasteiger partial charge in [0.15, 0.2) is 0 Å². The number of nitrogens with one attached hydrogen (secondary N) is 3. The molecule has 0 aliphatic rings. The Morgan fingerprint density at radius 3 is 2.13 bits per heavy atom. The van der Waals surface area contributed by atoms with E-state index in [1.165, 1.54) is 0 Å². The Bertz CT molecular complexity index is 719. The first kappa shape index (κ1) is 16.8. The predicted molar refractivity (Wildman–Crippen MR) is 90.5 cm³/mol. The molecule has 7 heteroatoms. The molecule has 0 saturated heterocycles. The Labute approximate surface area is 136 Å². The SMILES string of the molecule is O=C(NCCS(=O)(=O)Nc1ccccc1)NCc1ccccc1. The van der Waals surface area contributed by atoms with Crippen LogP contribution in [0.5, 0.6) is 0 Å². The van der Waals surface area contributed by atoms with E-state index >= 15 is 0 Å². The summed E-state index contributed by atoms with van der Waals surface area (Å²) in [5.41, 5.74) is 1.47. The minimum absolute atomic E-state index is 0.0305. The van der Waals surface area contributed by atoms with Crippen LogP contribution < -0.4 is 15.4 Å². The fourth-order valence-corrected chi connectivity index (χ4v) is 2.84. The maximum Gasteiger partial charge on any atom is 0.315 e. The van der Waals surface area contributed by atoms with E-state index in [2.05, 4.69) is 15.4 Å². The Balaban J connectivity index is 1.70. The quantitative estimate of drug-likeness (QED) is 0.723. The van der Waals surface area contributed by atoms with Crippen LogP contribution in [0.25, 0.3) is 0 Å². The van der Waals surface area contributed by atoms with Crippen molar-refractivity contribution in [1.82, 2.24) is 10.6 Å². The van der Waals surface area contributed by atoms with Gasteiger partial charge >= 0.3 is 6.03 Å². The molecule has 2 aromatic carbocycles. The molecule has 6 nitrogen and oxygen atoms in total. The lowest BCUT2D eigenvalue weighted by Gasteiger charge is -2.10. The average Bonchev–Trinajstić information content (AvgIpc) is 2.54. The minimum atomic E-state index is -3.49. The molecule has 2 aromatic rings. The van der Waals surface area contributed by atoms with E-state index in [9.17, 15) is 13.2 Å². The fraction of sp³-hybridized carbons (Fsp3) is 0.188. The second-order valence-corrected chi connectivity index (χ2v) is 6.72. The summed E-state index contributed by atoms with van der Waals surface area (Å²) in [4.78, 5) is 11.6. The number of hydrogen-bond donors (Lipinski definition) is 3. The van der Waals surface area contributed by atoms with Crippen molar-refractivity contribution in [1.29, 1.82) is 0 Å². The summed E-state index contributed by atoms with van der Waals surface area (Å²) in [5.74, 6) is -0.194. The van der Waals surface area contributed by atoms with Gasteiger partial charge in [-0.15, -0.1) is 0 Å². The average molecular weight is 333 g/mol. The monoisotopic (exact) mass is 333 g/mol. The van der Waals surface area contributed by atoms with E-state index < -0.39 is 16.1 Å². The topological polar surface area (TPSA) is 87.3 Å². The molecule has 23 heavy (non-hydrogen) atoms. The Hall–Kier alpha value is -2.54. The van der Waals surface area contributed by atoms with Gasteiger partial charge in [-0.3, -0.25) is 4.72 Å². The summed E-state index contributed by atoms with van der Waals surface area (Å²) in [5, 5.41) is 5.20. The summed E-state index contributed by atoms with van der Waals surface area (Å²) in [6.07, 6.45) is 0. The van der Waals surface area contributed by atoms with E-state index in [0.717, 1.165) is 5.56 Å². The van der Waals surface area contributed by atoms with Crippen LogP contribution in [0, 0.1) is 0 Å². The number of benzene rings is 2. The van der Waals surface area contributed by atoms with Gasteiger partial charge in [0.1, 0.15) is 0 Å². The van der Waals surface area contributed by atoms with Gasteiger partial charge in [-0.1, -0.05) is 48.5 Å². The molecule has 122 valence electrons. The molecule has 0 aliphatic carbocycles. The van der Waals surface area contributed by atoms with Crippen LogP contribution >= 0.6 is 0 Å². The van der Waals surface area contributed by atoms with Gasteiger partial charge in [-0.2, -0.15) is 0 Å². The molecule has 0 heterocycles. The highest BCUT2D eigenvalue weighted by atomic mass is 32.2. The number of hydrogen-bond acceptors (Lipinski definition) is 3.